The Bertz CT molecular complexity index is 4550. The van der Waals surface area contributed by atoms with Gasteiger partial charge < -0.3 is 22.3 Å². The van der Waals surface area contributed by atoms with Gasteiger partial charge in [-0.1, -0.05) is 127 Å². The van der Waals surface area contributed by atoms with Gasteiger partial charge in [0.2, 0.25) is 0 Å². The lowest BCUT2D eigenvalue weighted by molar-refractivity contribution is 1.18. The lowest BCUT2D eigenvalue weighted by Gasteiger charge is -2.09. The maximum absolute atomic E-state index is 2.56. The van der Waals surface area contributed by atoms with Crippen molar-refractivity contribution in [1.29, 1.82) is 0 Å². The summed E-state index contributed by atoms with van der Waals surface area (Å²) >= 11 is 0. The van der Waals surface area contributed by atoms with Gasteiger partial charge in [0.25, 0.3) is 0 Å². The van der Waals surface area contributed by atoms with E-state index in [1.165, 1.54) is 109 Å². The molecule has 0 aliphatic heterocycles. The lowest BCUT2D eigenvalue weighted by atomic mass is 10.1. The molecule has 10 aromatic carbocycles. The third-order valence-electron chi connectivity index (χ3n) is 14.6. The molecule has 0 saturated carbocycles. The van der Waals surface area contributed by atoms with Crippen LogP contribution in [0.15, 0.2) is 212 Å². The highest BCUT2D eigenvalue weighted by Crippen LogP contribution is 2.43. The molecular formula is C60H35N5. The summed E-state index contributed by atoms with van der Waals surface area (Å²) in [6, 6.07) is 79.0. The van der Waals surface area contributed by atoms with Crippen molar-refractivity contribution in [2.75, 3.05) is 0 Å². The van der Waals surface area contributed by atoms with E-state index in [0.29, 0.717) is 0 Å². The summed E-state index contributed by atoms with van der Waals surface area (Å²) in [5.41, 5.74) is 17.7. The van der Waals surface area contributed by atoms with Crippen LogP contribution < -0.4 is 0 Å². The fraction of sp³-hybridized carbons (Fsp3) is 0. The number of aromatic nitrogens is 5. The highest BCUT2D eigenvalue weighted by molar-refractivity contribution is 6.23. The van der Waals surface area contributed by atoms with Crippen molar-refractivity contribution in [2.24, 2.45) is 0 Å². The van der Waals surface area contributed by atoms with Gasteiger partial charge in [0.1, 0.15) is 0 Å². The molecule has 0 fully saturated rings. The molecule has 300 valence electrons. The molecule has 0 atom stereocenters. The molecule has 6 aromatic heterocycles. The third-order valence-corrected chi connectivity index (χ3v) is 14.6. The number of nitrogens with zero attached hydrogens (tertiary/aromatic N) is 5. The van der Waals surface area contributed by atoms with E-state index in [4.69, 9.17) is 0 Å². The summed E-state index contributed by atoms with van der Waals surface area (Å²) in [7, 11) is 0. The fourth-order valence-corrected chi connectivity index (χ4v) is 12.0. The number of rotatable bonds is 2. The summed E-state index contributed by atoms with van der Waals surface area (Å²) < 4.78 is 12.5. The lowest BCUT2D eigenvalue weighted by Crippen LogP contribution is -1.94. The predicted octanol–water partition coefficient (Wildman–Crippen LogP) is 15.6. The summed E-state index contributed by atoms with van der Waals surface area (Å²) in [5.74, 6) is 0. The van der Waals surface area contributed by atoms with Crippen LogP contribution in [0.2, 0.25) is 0 Å². The normalized spacial score (nSPS) is 12.6. The van der Waals surface area contributed by atoms with E-state index >= 15 is 0 Å². The molecule has 0 aliphatic carbocycles. The van der Waals surface area contributed by atoms with Gasteiger partial charge in [0.05, 0.1) is 71.7 Å². The highest BCUT2D eigenvalue weighted by Gasteiger charge is 2.23. The SMILES string of the molecule is c1ccc2c(c1)c1ccccc1n2-c1ccc2c(c1)c1cccc3c1n2c1cccc2c4ccccc4n(c4cccc5c6cc(-n7c8ccccc8c8ccccc87)ccc6n3c54)c21. The first-order valence-corrected chi connectivity index (χ1v) is 22.4. The van der Waals surface area contributed by atoms with E-state index in [0.717, 1.165) is 27.9 Å². The monoisotopic (exact) mass is 825 g/mol. The van der Waals surface area contributed by atoms with Gasteiger partial charge in [-0.3, -0.25) is 0 Å². The molecule has 0 amide bonds. The molecular weight excluding hydrogens is 791 g/mol. The first kappa shape index (κ1) is 33.8. The van der Waals surface area contributed by atoms with Gasteiger partial charge in [-0.25, -0.2) is 0 Å². The first-order valence-electron chi connectivity index (χ1n) is 22.4. The van der Waals surface area contributed by atoms with Gasteiger partial charge in [-0.05, 0) is 84.9 Å². The Hall–Kier alpha value is -8.80. The molecule has 0 N–H and O–H groups in total. The van der Waals surface area contributed by atoms with Crippen molar-refractivity contribution in [3.05, 3.63) is 212 Å². The Morgan fingerprint density at radius 3 is 0.815 bits per heavy atom. The van der Waals surface area contributed by atoms with Gasteiger partial charge in [0.15, 0.2) is 0 Å². The van der Waals surface area contributed by atoms with Crippen LogP contribution >= 0.6 is 0 Å². The predicted molar refractivity (Wildman–Crippen MR) is 273 cm³/mol. The molecule has 16 rings (SSSR count). The van der Waals surface area contributed by atoms with Gasteiger partial charge in [0, 0.05) is 65.2 Å². The van der Waals surface area contributed by atoms with Crippen LogP contribution in [0.25, 0.3) is 137 Å². The zero-order chi connectivity index (χ0) is 42.1. The minimum atomic E-state index is 1.15. The van der Waals surface area contributed by atoms with E-state index in [1.54, 1.807) is 0 Å². The molecule has 65 heavy (non-hydrogen) atoms. The Morgan fingerprint density at radius 1 is 0.185 bits per heavy atom. The van der Waals surface area contributed by atoms with Crippen LogP contribution in [0, 0.1) is 0 Å². The molecule has 0 unspecified atom stereocenters. The number of hydrogen-bond donors (Lipinski definition) is 0. The fourth-order valence-electron chi connectivity index (χ4n) is 12.0. The van der Waals surface area contributed by atoms with Crippen molar-refractivity contribution in [3.8, 4) is 11.4 Å². The van der Waals surface area contributed by atoms with E-state index in [2.05, 4.69) is 235 Å². The van der Waals surface area contributed by atoms with Gasteiger partial charge in [-0.2, -0.15) is 0 Å². The van der Waals surface area contributed by atoms with Crippen LogP contribution in [0.1, 0.15) is 0 Å². The second-order valence-electron chi connectivity index (χ2n) is 17.7. The summed E-state index contributed by atoms with van der Waals surface area (Å²) in [5, 5.41) is 12.4. The largest absolute Gasteiger partial charge is 0.309 e. The topological polar surface area (TPSA) is 23.1 Å². The van der Waals surface area contributed by atoms with E-state index in [9.17, 15) is 0 Å². The molecule has 0 bridgehead atoms. The van der Waals surface area contributed by atoms with Crippen molar-refractivity contribution in [2.45, 2.75) is 0 Å². The number of hydrogen-bond acceptors (Lipinski definition) is 0. The minimum absolute atomic E-state index is 1.15. The molecule has 5 heteroatoms. The second kappa shape index (κ2) is 12.0. The summed E-state index contributed by atoms with van der Waals surface area (Å²) in [4.78, 5) is 0. The smallest absolute Gasteiger partial charge is 0.0783 e. The first-order chi connectivity index (χ1) is 32.3. The molecule has 6 heterocycles. The molecule has 0 spiro atoms. The second-order valence-corrected chi connectivity index (χ2v) is 17.7. The van der Waals surface area contributed by atoms with Crippen molar-refractivity contribution in [1.82, 2.24) is 22.3 Å². The van der Waals surface area contributed by atoms with Crippen LogP contribution in [0.4, 0.5) is 0 Å². The van der Waals surface area contributed by atoms with E-state index in [1.807, 2.05) is 0 Å². The Morgan fingerprint density at radius 2 is 0.446 bits per heavy atom. The number of para-hydroxylation sites is 8. The molecule has 16 aromatic rings. The van der Waals surface area contributed by atoms with Gasteiger partial charge >= 0.3 is 0 Å². The minimum Gasteiger partial charge on any atom is -0.309 e. The highest BCUT2D eigenvalue weighted by atomic mass is 15.0. The number of fused-ring (bicyclic) bond motifs is 18. The van der Waals surface area contributed by atoms with Crippen molar-refractivity contribution < 1.29 is 0 Å². The molecule has 5 nitrogen and oxygen atoms in total. The Labute approximate surface area is 370 Å². The standard InChI is InChI=1S/C60H35N5/c1-6-22-48-38(14-1)39-15-2-7-23-49(39)61(48)36-30-32-53-47(35-36)45-21-13-29-57-60(45)64(53)55-27-11-19-43-42-18-5-10-26-52(42)63(58(43)55)56-28-12-20-44-46-34-37(31-33-54(46)65(57)59(44)56)62-50-24-8-3-16-40(50)41-17-4-9-25-51(41)62/h1-35H. The Balaban J connectivity index is 1.13. The summed E-state index contributed by atoms with van der Waals surface area (Å²) in [6.45, 7) is 0. The van der Waals surface area contributed by atoms with Crippen LogP contribution in [-0.4, -0.2) is 22.3 Å². The molecule has 0 radical (unpaired) electrons. The zero-order valence-electron chi connectivity index (χ0n) is 34.9. The van der Waals surface area contributed by atoms with Crippen LogP contribution in [-0.2, 0) is 0 Å². The van der Waals surface area contributed by atoms with Crippen molar-refractivity contribution >= 4 is 126 Å². The van der Waals surface area contributed by atoms with Crippen LogP contribution in [0.5, 0.6) is 0 Å². The maximum Gasteiger partial charge on any atom is 0.0783 e. The molecule has 0 aliphatic rings. The average molecular weight is 826 g/mol. The molecule has 0 saturated heterocycles. The van der Waals surface area contributed by atoms with E-state index in [-0.39, 0.29) is 0 Å². The van der Waals surface area contributed by atoms with Crippen LogP contribution in [0.3, 0.4) is 0 Å². The maximum atomic E-state index is 2.56. The van der Waals surface area contributed by atoms with Gasteiger partial charge in [-0.15, -0.1) is 0 Å². The summed E-state index contributed by atoms with van der Waals surface area (Å²) in [6.07, 6.45) is 0. The number of benzene rings is 10. The third kappa shape index (κ3) is 4.14. The average Bonchev–Trinajstić information content (AvgIpc) is 4.16. The Kier molecular flexibility index (Phi) is 6.24. The van der Waals surface area contributed by atoms with E-state index < -0.39 is 0 Å². The van der Waals surface area contributed by atoms with Crippen molar-refractivity contribution in [3.63, 3.8) is 0 Å². The quantitative estimate of drug-likeness (QED) is 0.166. The zero-order valence-corrected chi connectivity index (χ0v) is 34.9.